The standard InChI is InChI=1S/C23H29N3O3S/c1-20-7-5-10-22(19-20)25-14-16-26(17-15-25)30(28,29)18-6-13-24-23(27)12-11-21-8-3-2-4-9-21/h2-5,7-12,19H,6,13-18H2,1H3,(H,24,27). The topological polar surface area (TPSA) is 69.7 Å². The van der Waals surface area contributed by atoms with Gasteiger partial charge in [0.15, 0.2) is 0 Å². The SMILES string of the molecule is Cc1cccc(N2CCN(S(=O)(=O)CCCNC(=O)C=Cc3ccccc3)CC2)c1. The molecule has 0 unspecified atom stereocenters. The van der Waals surface area contributed by atoms with E-state index in [9.17, 15) is 13.2 Å². The number of benzene rings is 2. The van der Waals surface area contributed by atoms with E-state index >= 15 is 0 Å². The lowest BCUT2D eigenvalue weighted by atomic mass is 10.2. The van der Waals surface area contributed by atoms with Crippen LogP contribution in [0.15, 0.2) is 60.7 Å². The first kappa shape index (κ1) is 22.1. The van der Waals surface area contributed by atoms with Crippen LogP contribution in [0.2, 0.25) is 0 Å². The normalized spacial score (nSPS) is 15.4. The summed E-state index contributed by atoms with van der Waals surface area (Å²) >= 11 is 0. The zero-order valence-corrected chi connectivity index (χ0v) is 18.1. The molecular weight excluding hydrogens is 398 g/mol. The maximum Gasteiger partial charge on any atom is 0.243 e. The number of amides is 1. The molecular formula is C23H29N3O3S. The minimum Gasteiger partial charge on any atom is -0.369 e. The van der Waals surface area contributed by atoms with Gasteiger partial charge in [0.2, 0.25) is 15.9 Å². The third kappa shape index (κ3) is 6.43. The molecule has 7 heteroatoms. The Bertz CT molecular complexity index is 966. The highest BCUT2D eigenvalue weighted by Gasteiger charge is 2.26. The molecule has 1 saturated heterocycles. The van der Waals surface area contributed by atoms with Crippen molar-refractivity contribution in [1.29, 1.82) is 0 Å². The van der Waals surface area contributed by atoms with E-state index in [-0.39, 0.29) is 11.7 Å². The molecule has 1 N–H and O–H groups in total. The molecule has 1 amide bonds. The molecule has 1 fully saturated rings. The van der Waals surface area contributed by atoms with Crippen LogP contribution in [0.3, 0.4) is 0 Å². The highest BCUT2D eigenvalue weighted by atomic mass is 32.2. The smallest absolute Gasteiger partial charge is 0.243 e. The Kier molecular flexibility index (Phi) is 7.65. The fourth-order valence-corrected chi connectivity index (χ4v) is 4.93. The predicted molar refractivity (Wildman–Crippen MR) is 122 cm³/mol. The number of aryl methyl sites for hydroxylation is 1. The van der Waals surface area contributed by atoms with E-state index in [2.05, 4.69) is 35.3 Å². The van der Waals surface area contributed by atoms with Gasteiger partial charge in [0.25, 0.3) is 0 Å². The predicted octanol–water partition coefficient (Wildman–Crippen LogP) is 2.67. The van der Waals surface area contributed by atoms with E-state index in [4.69, 9.17) is 0 Å². The van der Waals surface area contributed by atoms with Gasteiger partial charge in [-0.15, -0.1) is 0 Å². The van der Waals surface area contributed by atoms with Crippen molar-refractivity contribution in [2.75, 3.05) is 43.4 Å². The Hall–Kier alpha value is -2.64. The second kappa shape index (κ2) is 10.4. The largest absolute Gasteiger partial charge is 0.369 e. The van der Waals surface area contributed by atoms with Crippen LogP contribution >= 0.6 is 0 Å². The summed E-state index contributed by atoms with van der Waals surface area (Å²) in [6.07, 6.45) is 3.60. The first-order valence-corrected chi connectivity index (χ1v) is 11.9. The quantitative estimate of drug-likeness (QED) is 0.519. The van der Waals surface area contributed by atoms with Gasteiger partial charge in [0.1, 0.15) is 0 Å². The van der Waals surface area contributed by atoms with Crippen LogP contribution in [0.4, 0.5) is 5.69 Å². The number of carbonyl (C=O) groups is 1. The van der Waals surface area contributed by atoms with Crippen molar-refractivity contribution in [1.82, 2.24) is 9.62 Å². The number of anilines is 1. The second-order valence-corrected chi connectivity index (χ2v) is 9.52. The number of rotatable bonds is 8. The third-order valence-corrected chi connectivity index (χ3v) is 7.06. The monoisotopic (exact) mass is 427 g/mol. The average molecular weight is 428 g/mol. The Morgan fingerprint density at radius 1 is 1.03 bits per heavy atom. The molecule has 0 aromatic heterocycles. The van der Waals surface area contributed by atoms with Gasteiger partial charge >= 0.3 is 0 Å². The van der Waals surface area contributed by atoms with Crippen LogP contribution in [-0.4, -0.2) is 57.1 Å². The summed E-state index contributed by atoms with van der Waals surface area (Å²) in [5.74, 6) is -0.178. The molecule has 0 atom stereocenters. The zero-order chi connectivity index (χ0) is 21.4. The number of nitrogens with one attached hydrogen (secondary N) is 1. The summed E-state index contributed by atoms with van der Waals surface area (Å²) in [4.78, 5) is 14.1. The summed E-state index contributed by atoms with van der Waals surface area (Å²) in [7, 11) is -3.31. The molecule has 3 rings (SSSR count). The van der Waals surface area contributed by atoms with Gasteiger partial charge in [-0.1, -0.05) is 42.5 Å². The molecule has 0 bridgehead atoms. The van der Waals surface area contributed by atoms with Crippen LogP contribution in [0.1, 0.15) is 17.5 Å². The molecule has 30 heavy (non-hydrogen) atoms. The first-order valence-electron chi connectivity index (χ1n) is 10.2. The second-order valence-electron chi connectivity index (χ2n) is 7.43. The van der Waals surface area contributed by atoms with Gasteiger partial charge < -0.3 is 10.2 Å². The number of sulfonamides is 1. The third-order valence-electron chi connectivity index (χ3n) is 5.10. The maximum absolute atomic E-state index is 12.6. The first-order chi connectivity index (χ1) is 14.4. The molecule has 1 aliphatic rings. The van der Waals surface area contributed by atoms with Gasteiger partial charge in [0, 0.05) is 44.5 Å². The summed E-state index contributed by atoms with van der Waals surface area (Å²) < 4.78 is 26.8. The molecule has 6 nitrogen and oxygen atoms in total. The van der Waals surface area contributed by atoms with Crippen molar-refractivity contribution in [2.45, 2.75) is 13.3 Å². The van der Waals surface area contributed by atoms with Crippen molar-refractivity contribution in [2.24, 2.45) is 0 Å². The van der Waals surface area contributed by atoms with Gasteiger partial charge in [-0.05, 0) is 42.7 Å². The molecule has 2 aromatic rings. The zero-order valence-electron chi connectivity index (χ0n) is 17.3. The fraction of sp³-hybridized carbons (Fsp3) is 0.348. The molecule has 0 aliphatic carbocycles. The van der Waals surface area contributed by atoms with Gasteiger partial charge in [-0.25, -0.2) is 8.42 Å². The molecule has 0 saturated carbocycles. The summed E-state index contributed by atoms with van der Waals surface area (Å²) in [6.45, 7) is 4.74. The van der Waals surface area contributed by atoms with Gasteiger partial charge in [-0.2, -0.15) is 4.31 Å². The summed E-state index contributed by atoms with van der Waals surface area (Å²) in [6, 6.07) is 17.8. The molecule has 1 heterocycles. The Morgan fingerprint density at radius 3 is 2.47 bits per heavy atom. The van der Waals surface area contributed by atoms with Crippen molar-refractivity contribution >= 4 is 27.7 Å². The van der Waals surface area contributed by atoms with Gasteiger partial charge in [0.05, 0.1) is 5.75 Å². The van der Waals surface area contributed by atoms with Crippen LogP contribution in [0.25, 0.3) is 6.08 Å². The maximum atomic E-state index is 12.6. The van der Waals surface area contributed by atoms with E-state index in [1.54, 1.807) is 10.4 Å². The van der Waals surface area contributed by atoms with Crippen molar-refractivity contribution in [3.8, 4) is 0 Å². The fourth-order valence-electron chi connectivity index (χ4n) is 3.44. The Labute approximate surface area is 179 Å². The molecule has 0 spiro atoms. The van der Waals surface area contributed by atoms with E-state index in [0.29, 0.717) is 39.1 Å². The van der Waals surface area contributed by atoms with Crippen molar-refractivity contribution in [3.05, 3.63) is 71.8 Å². The van der Waals surface area contributed by atoms with Crippen LogP contribution < -0.4 is 10.2 Å². The van der Waals surface area contributed by atoms with Crippen LogP contribution in [0, 0.1) is 6.92 Å². The van der Waals surface area contributed by atoms with Crippen molar-refractivity contribution in [3.63, 3.8) is 0 Å². The lowest BCUT2D eigenvalue weighted by Gasteiger charge is -2.35. The number of nitrogens with zero attached hydrogens (tertiary/aromatic N) is 2. The van der Waals surface area contributed by atoms with Crippen molar-refractivity contribution < 1.29 is 13.2 Å². The lowest BCUT2D eigenvalue weighted by Crippen LogP contribution is -2.49. The van der Waals surface area contributed by atoms with E-state index in [0.717, 1.165) is 11.3 Å². The van der Waals surface area contributed by atoms with E-state index < -0.39 is 10.0 Å². The van der Waals surface area contributed by atoms with Crippen LogP contribution in [-0.2, 0) is 14.8 Å². The average Bonchev–Trinajstić information content (AvgIpc) is 2.76. The lowest BCUT2D eigenvalue weighted by molar-refractivity contribution is -0.116. The summed E-state index contributed by atoms with van der Waals surface area (Å²) in [5, 5.41) is 2.75. The minimum absolute atomic E-state index is 0.0418. The van der Waals surface area contributed by atoms with E-state index in [1.807, 2.05) is 36.4 Å². The van der Waals surface area contributed by atoms with E-state index in [1.165, 1.54) is 11.6 Å². The van der Waals surface area contributed by atoms with Crippen LogP contribution in [0.5, 0.6) is 0 Å². The number of hydrogen-bond donors (Lipinski definition) is 1. The number of hydrogen-bond acceptors (Lipinski definition) is 4. The number of carbonyl (C=O) groups excluding carboxylic acids is 1. The highest BCUT2D eigenvalue weighted by Crippen LogP contribution is 2.19. The number of piperazine rings is 1. The molecule has 160 valence electrons. The molecule has 2 aromatic carbocycles. The van der Waals surface area contributed by atoms with Gasteiger partial charge in [-0.3, -0.25) is 4.79 Å². The summed E-state index contributed by atoms with van der Waals surface area (Å²) in [5.41, 5.74) is 3.28. The molecule has 0 radical (unpaired) electrons. The minimum atomic E-state index is -3.31. The Morgan fingerprint density at radius 2 is 1.77 bits per heavy atom. The Balaban J connectivity index is 1.39. The molecule has 1 aliphatic heterocycles. The highest BCUT2D eigenvalue weighted by molar-refractivity contribution is 7.89.